The van der Waals surface area contributed by atoms with Crippen molar-refractivity contribution in [2.75, 3.05) is 18.0 Å². The fraction of sp³-hybridized carbons (Fsp3) is 0.571. The van der Waals surface area contributed by atoms with Crippen LogP contribution in [-0.2, 0) is 5.66 Å². The van der Waals surface area contributed by atoms with Gasteiger partial charge >= 0.3 is 0 Å². The quantitative estimate of drug-likeness (QED) is 0.481. The van der Waals surface area contributed by atoms with Gasteiger partial charge in [-0.2, -0.15) is 5.10 Å². The van der Waals surface area contributed by atoms with Gasteiger partial charge < -0.3 is 22.9 Å². The molecule has 1 atom stereocenters. The predicted octanol–water partition coefficient (Wildman–Crippen LogP) is -0.972. The lowest BCUT2D eigenvalue weighted by molar-refractivity contribution is 0.284. The summed E-state index contributed by atoms with van der Waals surface area (Å²) in [5.41, 5.74) is 22.3. The monoisotopic (exact) mass is 184 g/mol. The van der Waals surface area contributed by atoms with Crippen LogP contribution in [0.3, 0.4) is 0 Å². The number of rotatable bonds is 3. The fourth-order valence-electron chi connectivity index (χ4n) is 1.18. The minimum Gasteiger partial charge on any atom is -0.394 e. The third-order valence-corrected chi connectivity index (χ3v) is 1.97. The summed E-state index contributed by atoms with van der Waals surface area (Å²) < 4.78 is 1.50. The average molecular weight is 184 g/mol. The van der Waals surface area contributed by atoms with Gasteiger partial charge in [-0.3, -0.25) is 0 Å². The summed E-state index contributed by atoms with van der Waals surface area (Å²) in [6.07, 6.45) is 2.08. The maximum absolute atomic E-state index is 5.95. The van der Waals surface area contributed by atoms with Crippen molar-refractivity contribution in [3.05, 3.63) is 6.20 Å². The average Bonchev–Trinajstić information content (AvgIpc) is 2.33. The predicted molar refractivity (Wildman–Crippen MR) is 52.6 cm³/mol. The number of aromatic nitrogens is 2. The fourth-order valence-corrected chi connectivity index (χ4v) is 1.18. The summed E-state index contributed by atoms with van der Waals surface area (Å²) in [6, 6.07) is 0. The zero-order chi connectivity index (χ0) is 10.1. The summed E-state index contributed by atoms with van der Waals surface area (Å²) in [6.45, 7) is 2.29. The second-order valence-corrected chi connectivity index (χ2v) is 3.29. The van der Waals surface area contributed by atoms with E-state index in [0.29, 0.717) is 24.5 Å². The lowest BCUT2D eigenvalue weighted by atomic mass is 10.1. The molecule has 13 heavy (non-hydrogen) atoms. The first kappa shape index (κ1) is 9.82. The van der Waals surface area contributed by atoms with Crippen molar-refractivity contribution in [1.29, 1.82) is 0 Å². The Kier molecular flexibility index (Phi) is 2.44. The molecule has 1 aromatic rings. The zero-order valence-electron chi connectivity index (χ0n) is 7.70. The molecule has 1 unspecified atom stereocenters. The van der Waals surface area contributed by atoms with Crippen LogP contribution < -0.4 is 22.9 Å². The van der Waals surface area contributed by atoms with Gasteiger partial charge in [0.2, 0.25) is 0 Å². The van der Waals surface area contributed by atoms with Gasteiger partial charge in [0, 0.05) is 0 Å². The van der Waals surface area contributed by atoms with E-state index in [0.717, 1.165) is 0 Å². The molecule has 0 spiro atoms. The summed E-state index contributed by atoms with van der Waals surface area (Å²) >= 11 is 0. The molecule has 1 aromatic heterocycles. The highest BCUT2D eigenvalue weighted by atomic mass is 15.4. The van der Waals surface area contributed by atoms with Gasteiger partial charge in [-0.05, 0) is 19.9 Å². The van der Waals surface area contributed by atoms with Gasteiger partial charge in [0.15, 0.2) is 0 Å². The van der Waals surface area contributed by atoms with E-state index in [-0.39, 0.29) is 0 Å². The van der Waals surface area contributed by atoms with Crippen molar-refractivity contribution in [3.63, 3.8) is 0 Å². The molecule has 0 saturated carbocycles. The third kappa shape index (κ3) is 1.73. The largest absolute Gasteiger partial charge is 0.394 e. The molecule has 0 fully saturated rings. The van der Waals surface area contributed by atoms with Crippen molar-refractivity contribution >= 4 is 11.5 Å². The minimum atomic E-state index is -0.670. The van der Waals surface area contributed by atoms with E-state index in [1.807, 2.05) is 6.92 Å². The zero-order valence-corrected chi connectivity index (χ0v) is 7.70. The van der Waals surface area contributed by atoms with E-state index in [2.05, 4.69) is 5.10 Å². The second kappa shape index (κ2) is 3.23. The molecule has 0 aliphatic heterocycles. The standard InChI is InChI=1S/C7H16N6/c1-7(11,2-3-8)13-6(10)5(9)4-12-13/h4H,2-3,8-11H2,1H3. The van der Waals surface area contributed by atoms with Crippen LogP contribution in [0.4, 0.5) is 11.5 Å². The van der Waals surface area contributed by atoms with Crippen LogP contribution in [0.5, 0.6) is 0 Å². The molecule has 0 aromatic carbocycles. The summed E-state index contributed by atoms with van der Waals surface area (Å²) in [5, 5.41) is 3.99. The molecular formula is C7H16N6. The number of hydrogen-bond acceptors (Lipinski definition) is 5. The van der Waals surface area contributed by atoms with Crippen LogP contribution >= 0.6 is 0 Å². The van der Waals surface area contributed by atoms with E-state index in [9.17, 15) is 0 Å². The lowest BCUT2D eigenvalue weighted by Crippen LogP contribution is -2.43. The molecule has 0 bridgehead atoms. The van der Waals surface area contributed by atoms with Crippen LogP contribution in [0.25, 0.3) is 0 Å². The maximum Gasteiger partial charge on any atom is 0.147 e. The summed E-state index contributed by atoms with van der Waals surface area (Å²) in [4.78, 5) is 0. The van der Waals surface area contributed by atoms with Gasteiger partial charge in [0.1, 0.15) is 11.5 Å². The maximum atomic E-state index is 5.95. The Morgan fingerprint density at radius 2 is 2.15 bits per heavy atom. The van der Waals surface area contributed by atoms with Crippen molar-refractivity contribution in [1.82, 2.24) is 9.78 Å². The SMILES string of the molecule is CC(N)(CCN)n1ncc(N)c1N. The smallest absolute Gasteiger partial charge is 0.147 e. The Hall–Kier alpha value is -1.27. The first-order valence-electron chi connectivity index (χ1n) is 4.07. The van der Waals surface area contributed by atoms with Gasteiger partial charge in [-0.1, -0.05) is 0 Å². The molecule has 0 aliphatic carbocycles. The molecule has 0 saturated heterocycles. The van der Waals surface area contributed by atoms with E-state index >= 15 is 0 Å². The second-order valence-electron chi connectivity index (χ2n) is 3.29. The highest BCUT2D eigenvalue weighted by molar-refractivity contribution is 5.57. The Bertz CT molecular complexity index is 289. The normalized spacial score (nSPS) is 15.6. The third-order valence-electron chi connectivity index (χ3n) is 1.97. The Labute approximate surface area is 76.9 Å². The Morgan fingerprint density at radius 3 is 2.54 bits per heavy atom. The molecule has 6 heteroatoms. The molecule has 0 aliphatic rings. The molecule has 6 nitrogen and oxygen atoms in total. The van der Waals surface area contributed by atoms with Crippen molar-refractivity contribution in [2.24, 2.45) is 11.5 Å². The van der Waals surface area contributed by atoms with Crippen molar-refractivity contribution in [3.8, 4) is 0 Å². The van der Waals surface area contributed by atoms with E-state index in [1.165, 1.54) is 10.9 Å². The number of hydrogen-bond donors (Lipinski definition) is 4. The minimum absolute atomic E-state index is 0.387. The van der Waals surface area contributed by atoms with Crippen LogP contribution in [0.1, 0.15) is 13.3 Å². The summed E-state index contributed by atoms with van der Waals surface area (Å²) in [5.74, 6) is 0.387. The molecule has 74 valence electrons. The molecule has 1 rings (SSSR count). The first-order chi connectivity index (χ1) is 5.99. The summed E-state index contributed by atoms with van der Waals surface area (Å²) in [7, 11) is 0. The van der Waals surface area contributed by atoms with Gasteiger partial charge in [-0.15, -0.1) is 0 Å². The van der Waals surface area contributed by atoms with Crippen LogP contribution in [0.2, 0.25) is 0 Å². The van der Waals surface area contributed by atoms with Gasteiger partial charge in [-0.25, -0.2) is 4.68 Å². The van der Waals surface area contributed by atoms with E-state index in [1.54, 1.807) is 0 Å². The van der Waals surface area contributed by atoms with Crippen LogP contribution in [0.15, 0.2) is 6.20 Å². The highest BCUT2D eigenvalue weighted by Crippen LogP contribution is 2.21. The topological polar surface area (TPSA) is 122 Å². The highest BCUT2D eigenvalue weighted by Gasteiger charge is 2.23. The Balaban J connectivity index is 2.99. The van der Waals surface area contributed by atoms with E-state index in [4.69, 9.17) is 22.9 Å². The molecule has 8 N–H and O–H groups in total. The molecule has 1 heterocycles. The van der Waals surface area contributed by atoms with Gasteiger partial charge in [0.05, 0.1) is 11.9 Å². The molecule has 0 amide bonds. The van der Waals surface area contributed by atoms with Crippen molar-refractivity contribution < 1.29 is 0 Å². The number of nitrogens with zero attached hydrogens (tertiary/aromatic N) is 2. The van der Waals surface area contributed by atoms with Crippen molar-refractivity contribution in [2.45, 2.75) is 19.0 Å². The van der Waals surface area contributed by atoms with Crippen LogP contribution in [0, 0.1) is 0 Å². The number of anilines is 2. The number of nitrogen functional groups attached to an aromatic ring is 2. The van der Waals surface area contributed by atoms with Crippen LogP contribution in [-0.4, -0.2) is 16.3 Å². The first-order valence-corrected chi connectivity index (χ1v) is 4.07. The van der Waals surface area contributed by atoms with E-state index < -0.39 is 5.66 Å². The molecular weight excluding hydrogens is 168 g/mol. The Morgan fingerprint density at radius 1 is 1.54 bits per heavy atom. The molecule has 0 radical (unpaired) electrons. The lowest BCUT2D eigenvalue weighted by Gasteiger charge is -2.25. The van der Waals surface area contributed by atoms with Gasteiger partial charge in [0.25, 0.3) is 0 Å². The number of nitrogens with two attached hydrogens (primary N) is 4.